The molecule has 7 nitrogen and oxygen atoms in total. The van der Waals surface area contributed by atoms with Gasteiger partial charge in [0.25, 0.3) is 10.0 Å². The highest BCUT2D eigenvalue weighted by Gasteiger charge is 2.34. The highest BCUT2D eigenvalue weighted by Crippen LogP contribution is 2.31. The number of nitrogens with zero attached hydrogens (tertiary/aromatic N) is 2. The van der Waals surface area contributed by atoms with Crippen LogP contribution in [-0.4, -0.2) is 44.3 Å². The predicted molar refractivity (Wildman–Crippen MR) is 166 cm³/mol. The number of amides is 2. The molecule has 0 saturated heterocycles. The number of hydrogen-bond donors (Lipinski definition) is 1. The standard InChI is InChI=1S/C30H34Cl3N3O4S/c1-4-6-17-34-30(38)27(5-2)35(19-24-25(32)13-10-14-26(24)33)29(37)20-36(28-16-15-22(31)18-21(28)3)41(39,40)23-11-8-7-9-12-23/h7-16,18,27H,4-6,17,19-20H2,1-3H3,(H,34,38)/t27-/m1/s1. The number of halogens is 3. The maximum atomic E-state index is 14.2. The summed E-state index contributed by atoms with van der Waals surface area (Å²) in [6.45, 7) is 5.33. The Morgan fingerprint density at radius 2 is 1.59 bits per heavy atom. The molecule has 0 heterocycles. The van der Waals surface area contributed by atoms with Crippen molar-refractivity contribution in [3.63, 3.8) is 0 Å². The lowest BCUT2D eigenvalue weighted by molar-refractivity contribution is -0.140. The minimum Gasteiger partial charge on any atom is -0.354 e. The lowest BCUT2D eigenvalue weighted by Crippen LogP contribution is -2.52. The molecule has 1 N–H and O–H groups in total. The van der Waals surface area contributed by atoms with Gasteiger partial charge >= 0.3 is 0 Å². The van der Waals surface area contributed by atoms with E-state index in [1.54, 1.807) is 68.4 Å². The molecule has 3 aromatic carbocycles. The molecule has 0 aromatic heterocycles. The Morgan fingerprint density at radius 3 is 2.17 bits per heavy atom. The van der Waals surface area contributed by atoms with Gasteiger partial charge in [0.05, 0.1) is 10.6 Å². The minimum absolute atomic E-state index is 0.0206. The fourth-order valence-electron chi connectivity index (χ4n) is 4.41. The smallest absolute Gasteiger partial charge is 0.264 e. The van der Waals surface area contributed by atoms with Gasteiger partial charge in [0.15, 0.2) is 0 Å². The molecule has 0 radical (unpaired) electrons. The van der Waals surface area contributed by atoms with Gasteiger partial charge in [-0.15, -0.1) is 0 Å². The van der Waals surface area contributed by atoms with Crippen molar-refractivity contribution in [2.24, 2.45) is 0 Å². The highest BCUT2D eigenvalue weighted by molar-refractivity contribution is 7.92. The summed E-state index contributed by atoms with van der Waals surface area (Å²) in [5, 5.41) is 3.99. The predicted octanol–water partition coefficient (Wildman–Crippen LogP) is 6.87. The van der Waals surface area contributed by atoms with Gasteiger partial charge in [-0.3, -0.25) is 13.9 Å². The van der Waals surface area contributed by atoms with Gasteiger partial charge in [0, 0.05) is 33.7 Å². The largest absolute Gasteiger partial charge is 0.354 e. The Balaban J connectivity index is 2.10. The summed E-state index contributed by atoms with van der Waals surface area (Å²) in [6.07, 6.45) is 1.96. The summed E-state index contributed by atoms with van der Waals surface area (Å²) in [7, 11) is -4.19. The first-order valence-corrected chi connectivity index (χ1v) is 15.9. The third-order valence-electron chi connectivity index (χ3n) is 6.64. The number of nitrogens with one attached hydrogen (secondary N) is 1. The van der Waals surface area contributed by atoms with Crippen molar-refractivity contribution in [1.29, 1.82) is 0 Å². The van der Waals surface area contributed by atoms with Crippen LogP contribution in [0.5, 0.6) is 0 Å². The summed E-state index contributed by atoms with van der Waals surface area (Å²) in [5.74, 6) is -0.926. The van der Waals surface area contributed by atoms with E-state index in [1.165, 1.54) is 17.0 Å². The van der Waals surface area contributed by atoms with Crippen LogP contribution in [0.4, 0.5) is 5.69 Å². The minimum atomic E-state index is -4.19. The number of anilines is 1. The van der Waals surface area contributed by atoms with Gasteiger partial charge in [-0.05, 0) is 67.8 Å². The first kappa shape index (κ1) is 32.7. The Labute approximate surface area is 257 Å². The third kappa shape index (κ3) is 8.16. The van der Waals surface area contributed by atoms with Crippen LogP contribution < -0.4 is 9.62 Å². The molecule has 41 heavy (non-hydrogen) atoms. The molecule has 0 aliphatic carbocycles. The van der Waals surface area contributed by atoms with Crippen molar-refractivity contribution in [1.82, 2.24) is 10.2 Å². The van der Waals surface area contributed by atoms with Crippen LogP contribution in [-0.2, 0) is 26.2 Å². The van der Waals surface area contributed by atoms with Crippen molar-refractivity contribution < 1.29 is 18.0 Å². The lowest BCUT2D eigenvalue weighted by atomic mass is 10.1. The van der Waals surface area contributed by atoms with E-state index in [0.29, 0.717) is 38.4 Å². The van der Waals surface area contributed by atoms with E-state index >= 15 is 0 Å². The van der Waals surface area contributed by atoms with E-state index < -0.39 is 28.5 Å². The zero-order valence-corrected chi connectivity index (χ0v) is 26.3. The molecule has 3 rings (SSSR count). The highest BCUT2D eigenvalue weighted by atomic mass is 35.5. The molecule has 0 bridgehead atoms. The number of unbranched alkanes of at least 4 members (excludes halogenated alkanes) is 1. The van der Waals surface area contributed by atoms with Crippen LogP contribution in [0.1, 0.15) is 44.2 Å². The van der Waals surface area contributed by atoms with E-state index in [1.807, 2.05) is 6.92 Å². The first-order chi connectivity index (χ1) is 19.5. The Kier molecular flexibility index (Phi) is 11.9. The molecular formula is C30H34Cl3N3O4S. The number of carbonyl (C=O) groups is 2. The summed E-state index contributed by atoms with van der Waals surface area (Å²) >= 11 is 19.1. The zero-order valence-electron chi connectivity index (χ0n) is 23.2. The second kappa shape index (κ2) is 14.9. The van der Waals surface area contributed by atoms with E-state index in [4.69, 9.17) is 34.8 Å². The van der Waals surface area contributed by atoms with Gasteiger partial charge in [-0.1, -0.05) is 79.3 Å². The first-order valence-electron chi connectivity index (χ1n) is 13.3. The lowest BCUT2D eigenvalue weighted by Gasteiger charge is -2.34. The van der Waals surface area contributed by atoms with Crippen molar-refractivity contribution >= 4 is 62.3 Å². The summed E-state index contributed by atoms with van der Waals surface area (Å²) in [6, 6.07) is 16.7. The number of aryl methyl sites for hydroxylation is 1. The molecule has 0 spiro atoms. The number of carbonyl (C=O) groups excluding carboxylic acids is 2. The van der Waals surface area contributed by atoms with Crippen molar-refractivity contribution in [2.75, 3.05) is 17.4 Å². The molecule has 0 aliphatic rings. The van der Waals surface area contributed by atoms with Crippen LogP contribution in [0.3, 0.4) is 0 Å². The molecule has 11 heteroatoms. The fourth-order valence-corrected chi connectivity index (χ4v) is 6.65. The van der Waals surface area contributed by atoms with Gasteiger partial charge in [0.1, 0.15) is 12.6 Å². The van der Waals surface area contributed by atoms with Crippen LogP contribution in [0, 0.1) is 6.92 Å². The fraction of sp³-hybridized carbons (Fsp3) is 0.333. The normalized spacial score (nSPS) is 12.0. The average molecular weight is 639 g/mol. The maximum Gasteiger partial charge on any atom is 0.264 e. The number of rotatable bonds is 13. The number of hydrogen-bond acceptors (Lipinski definition) is 4. The second-order valence-corrected chi connectivity index (χ2v) is 12.7. The SMILES string of the molecule is CCCCNC(=O)[C@@H](CC)N(Cc1c(Cl)cccc1Cl)C(=O)CN(c1ccc(Cl)cc1C)S(=O)(=O)c1ccccc1. The van der Waals surface area contributed by atoms with Crippen LogP contribution in [0.2, 0.25) is 15.1 Å². The molecule has 1 atom stereocenters. The molecule has 2 amide bonds. The van der Waals surface area contributed by atoms with Gasteiger partial charge in [-0.25, -0.2) is 8.42 Å². The monoisotopic (exact) mass is 637 g/mol. The van der Waals surface area contributed by atoms with Crippen LogP contribution in [0.15, 0.2) is 71.6 Å². The summed E-state index contributed by atoms with van der Waals surface area (Å²) in [4.78, 5) is 28.9. The summed E-state index contributed by atoms with van der Waals surface area (Å²) in [5.41, 5.74) is 1.32. The summed E-state index contributed by atoms with van der Waals surface area (Å²) < 4.78 is 28.9. The van der Waals surface area contributed by atoms with Gasteiger partial charge < -0.3 is 10.2 Å². The Morgan fingerprint density at radius 1 is 0.927 bits per heavy atom. The van der Waals surface area contributed by atoms with Gasteiger partial charge in [-0.2, -0.15) is 0 Å². The quantitative estimate of drug-likeness (QED) is 0.207. The zero-order chi connectivity index (χ0) is 30.2. The average Bonchev–Trinajstić information content (AvgIpc) is 2.94. The van der Waals surface area contributed by atoms with Crippen LogP contribution >= 0.6 is 34.8 Å². The van der Waals surface area contributed by atoms with E-state index in [9.17, 15) is 18.0 Å². The molecule has 220 valence electrons. The maximum absolute atomic E-state index is 14.2. The third-order valence-corrected chi connectivity index (χ3v) is 9.36. The molecule has 0 fully saturated rings. The number of benzene rings is 3. The van der Waals surface area contributed by atoms with Crippen molar-refractivity contribution in [3.8, 4) is 0 Å². The molecular weight excluding hydrogens is 605 g/mol. The van der Waals surface area contributed by atoms with Crippen molar-refractivity contribution in [2.45, 2.75) is 57.5 Å². The second-order valence-electron chi connectivity index (χ2n) is 9.55. The molecule has 0 aliphatic heterocycles. The van der Waals surface area contributed by atoms with E-state index in [0.717, 1.165) is 17.1 Å². The molecule has 3 aromatic rings. The topological polar surface area (TPSA) is 86.8 Å². The van der Waals surface area contributed by atoms with E-state index in [-0.39, 0.29) is 23.8 Å². The van der Waals surface area contributed by atoms with Gasteiger partial charge in [0.2, 0.25) is 11.8 Å². The Hall–Kier alpha value is -2.78. The van der Waals surface area contributed by atoms with E-state index in [2.05, 4.69) is 5.32 Å². The van der Waals surface area contributed by atoms with Crippen molar-refractivity contribution in [3.05, 3.63) is 92.9 Å². The molecule has 0 saturated carbocycles. The van der Waals surface area contributed by atoms with Crippen LogP contribution in [0.25, 0.3) is 0 Å². The Bertz CT molecular complexity index is 1450. The number of sulfonamides is 1. The molecule has 0 unspecified atom stereocenters.